The number of nitrogens with one attached hydrogen (secondary N) is 1. The standard InChI is InChI=1S/C12H11NO2S/c1-14-8-4-2-7-3-5-10-11(9(7)6-8)13-12(16)15-10/h2,4,6H,3,5H2,1H3,(H,13,16). The smallest absolute Gasteiger partial charge is 0.266 e. The Morgan fingerprint density at radius 2 is 2.25 bits per heavy atom. The van der Waals surface area contributed by atoms with E-state index < -0.39 is 0 Å². The van der Waals surface area contributed by atoms with Crippen LogP contribution < -0.4 is 4.74 Å². The maximum Gasteiger partial charge on any atom is 0.266 e. The van der Waals surface area contributed by atoms with Crippen molar-refractivity contribution >= 4 is 12.2 Å². The summed E-state index contributed by atoms with van der Waals surface area (Å²) in [5.74, 6) is 1.80. The van der Waals surface area contributed by atoms with Gasteiger partial charge in [0.2, 0.25) is 0 Å². The first kappa shape index (κ1) is 9.66. The van der Waals surface area contributed by atoms with Crippen LogP contribution in [-0.2, 0) is 12.8 Å². The van der Waals surface area contributed by atoms with Gasteiger partial charge in [-0.2, -0.15) is 0 Å². The van der Waals surface area contributed by atoms with Crippen LogP contribution in [0.1, 0.15) is 11.3 Å². The van der Waals surface area contributed by atoms with E-state index in [9.17, 15) is 0 Å². The molecule has 4 heteroatoms. The van der Waals surface area contributed by atoms with Gasteiger partial charge in [-0.1, -0.05) is 6.07 Å². The molecule has 3 rings (SSSR count). The minimum atomic E-state index is 0.445. The van der Waals surface area contributed by atoms with Crippen LogP contribution in [-0.4, -0.2) is 12.1 Å². The first-order chi connectivity index (χ1) is 7.78. The quantitative estimate of drug-likeness (QED) is 0.769. The molecular formula is C12H11NO2S. The fraction of sp³-hybridized carbons (Fsp3) is 0.250. The van der Waals surface area contributed by atoms with Gasteiger partial charge in [0.05, 0.1) is 12.8 Å². The number of aromatic amines is 1. The van der Waals surface area contributed by atoms with E-state index in [-0.39, 0.29) is 0 Å². The van der Waals surface area contributed by atoms with E-state index in [1.807, 2.05) is 12.1 Å². The minimum Gasteiger partial charge on any atom is -0.497 e. The second kappa shape index (κ2) is 3.49. The molecule has 1 aromatic carbocycles. The van der Waals surface area contributed by atoms with Crippen LogP contribution >= 0.6 is 12.2 Å². The van der Waals surface area contributed by atoms with Crippen molar-refractivity contribution in [1.82, 2.24) is 4.98 Å². The van der Waals surface area contributed by atoms with Gasteiger partial charge in [0.1, 0.15) is 11.5 Å². The normalized spacial score (nSPS) is 13.1. The molecule has 0 saturated heterocycles. The molecule has 1 aliphatic carbocycles. The number of oxazole rings is 1. The first-order valence-corrected chi connectivity index (χ1v) is 5.58. The van der Waals surface area contributed by atoms with Crippen molar-refractivity contribution in [2.75, 3.05) is 7.11 Å². The van der Waals surface area contributed by atoms with Crippen LogP contribution in [0.25, 0.3) is 11.3 Å². The van der Waals surface area contributed by atoms with Crippen LogP contribution in [0.15, 0.2) is 22.6 Å². The lowest BCUT2D eigenvalue weighted by molar-refractivity contribution is 0.414. The SMILES string of the molecule is COc1ccc2c(c1)-c1[nH]c(=S)oc1CC2. The van der Waals surface area contributed by atoms with E-state index in [1.165, 1.54) is 5.56 Å². The largest absolute Gasteiger partial charge is 0.497 e. The molecule has 0 amide bonds. The Kier molecular flexibility index (Phi) is 2.11. The summed E-state index contributed by atoms with van der Waals surface area (Å²) in [6.07, 6.45) is 1.89. The van der Waals surface area contributed by atoms with Crippen molar-refractivity contribution in [3.8, 4) is 17.0 Å². The van der Waals surface area contributed by atoms with Crippen LogP contribution in [0.3, 0.4) is 0 Å². The van der Waals surface area contributed by atoms with Crippen LogP contribution in [0, 0.1) is 4.84 Å². The van der Waals surface area contributed by atoms with Gasteiger partial charge < -0.3 is 14.1 Å². The molecule has 0 saturated carbocycles. The lowest BCUT2D eigenvalue weighted by atomic mass is 9.93. The van der Waals surface area contributed by atoms with Crippen molar-refractivity contribution in [3.05, 3.63) is 34.4 Å². The maximum atomic E-state index is 5.45. The van der Waals surface area contributed by atoms with E-state index in [0.29, 0.717) is 4.84 Å². The van der Waals surface area contributed by atoms with Gasteiger partial charge in [-0.15, -0.1) is 0 Å². The molecule has 82 valence electrons. The molecule has 0 atom stereocenters. The summed E-state index contributed by atoms with van der Waals surface area (Å²) in [5, 5.41) is 0. The molecule has 0 bridgehead atoms. The summed E-state index contributed by atoms with van der Waals surface area (Å²) in [5.41, 5.74) is 3.45. The number of ether oxygens (including phenoxy) is 1. The highest BCUT2D eigenvalue weighted by molar-refractivity contribution is 7.71. The average molecular weight is 233 g/mol. The predicted molar refractivity (Wildman–Crippen MR) is 63.3 cm³/mol. The van der Waals surface area contributed by atoms with Gasteiger partial charge >= 0.3 is 0 Å². The average Bonchev–Trinajstić information content (AvgIpc) is 2.69. The van der Waals surface area contributed by atoms with Gasteiger partial charge in [0, 0.05) is 12.0 Å². The molecule has 1 N–H and O–H groups in total. The van der Waals surface area contributed by atoms with E-state index in [2.05, 4.69) is 11.1 Å². The third-order valence-electron chi connectivity index (χ3n) is 2.93. The monoisotopic (exact) mass is 233 g/mol. The minimum absolute atomic E-state index is 0.445. The number of fused-ring (bicyclic) bond motifs is 3. The first-order valence-electron chi connectivity index (χ1n) is 5.17. The second-order valence-electron chi connectivity index (χ2n) is 3.84. The fourth-order valence-corrected chi connectivity index (χ4v) is 2.34. The summed E-state index contributed by atoms with van der Waals surface area (Å²) in [7, 11) is 1.67. The van der Waals surface area contributed by atoms with Gasteiger partial charge in [0.25, 0.3) is 4.84 Å². The van der Waals surface area contributed by atoms with Crippen molar-refractivity contribution in [2.24, 2.45) is 0 Å². The highest BCUT2D eigenvalue weighted by Crippen LogP contribution is 2.34. The predicted octanol–water partition coefficient (Wildman–Crippen LogP) is 3.11. The molecule has 0 unspecified atom stereocenters. The fourth-order valence-electron chi connectivity index (χ4n) is 2.14. The molecule has 0 aliphatic heterocycles. The third-order valence-corrected chi connectivity index (χ3v) is 3.11. The number of benzene rings is 1. The van der Waals surface area contributed by atoms with Gasteiger partial charge in [-0.05, 0) is 36.3 Å². The van der Waals surface area contributed by atoms with Crippen molar-refractivity contribution in [2.45, 2.75) is 12.8 Å². The zero-order chi connectivity index (χ0) is 11.1. The number of hydrogen-bond donors (Lipinski definition) is 1. The molecule has 1 aromatic heterocycles. The lowest BCUT2D eigenvalue weighted by Gasteiger charge is -2.15. The van der Waals surface area contributed by atoms with Crippen LogP contribution in [0.5, 0.6) is 5.75 Å². The summed E-state index contributed by atoms with van der Waals surface area (Å²) >= 11 is 5.02. The van der Waals surface area contributed by atoms with Gasteiger partial charge in [0.15, 0.2) is 0 Å². The van der Waals surface area contributed by atoms with E-state index in [0.717, 1.165) is 35.6 Å². The van der Waals surface area contributed by atoms with E-state index in [4.69, 9.17) is 21.4 Å². The molecule has 1 aliphatic rings. The number of H-pyrrole nitrogens is 1. The Morgan fingerprint density at radius 3 is 3.06 bits per heavy atom. The number of methoxy groups -OCH3 is 1. The van der Waals surface area contributed by atoms with Crippen LogP contribution in [0.2, 0.25) is 0 Å². The maximum absolute atomic E-state index is 5.45. The zero-order valence-corrected chi connectivity index (χ0v) is 9.69. The Bertz CT molecular complexity index is 597. The highest BCUT2D eigenvalue weighted by atomic mass is 32.1. The molecule has 1 heterocycles. The number of rotatable bonds is 1. The summed E-state index contributed by atoms with van der Waals surface area (Å²) < 4.78 is 10.7. The summed E-state index contributed by atoms with van der Waals surface area (Å²) in [6, 6.07) is 6.10. The Hall–Kier alpha value is -1.55. The molecule has 0 radical (unpaired) electrons. The Morgan fingerprint density at radius 1 is 1.38 bits per heavy atom. The Balaban J connectivity index is 2.25. The topological polar surface area (TPSA) is 38.2 Å². The van der Waals surface area contributed by atoms with E-state index in [1.54, 1.807) is 7.11 Å². The molecule has 3 nitrogen and oxygen atoms in total. The van der Waals surface area contributed by atoms with Crippen molar-refractivity contribution in [3.63, 3.8) is 0 Å². The van der Waals surface area contributed by atoms with E-state index >= 15 is 0 Å². The summed E-state index contributed by atoms with van der Waals surface area (Å²) in [6.45, 7) is 0. The van der Waals surface area contributed by atoms with Gasteiger partial charge in [-0.25, -0.2) is 0 Å². The third kappa shape index (κ3) is 1.38. The van der Waals surface area contributed by atoms with Crippen molar-refractivity contribution < 1.29 is 9.15 Å². The van der Waals surface area contributed by atoms with Crippen molar-refractivity contribution in [1.29, 1.82) is 0 Å². The Labute approximate surface area is 98.1 Å². The number of aromatic nitrogens is 1. The molecule has 16 heavy (non-hydrogen) atoms. The molecular weight excluding hydrogens is 222 g/mol. The highest BCUT2D eigenvalue weighted by Gasteiger charge is 2.20. The second-order valence-corrected chi connectivity index (χ2v) is 4.21. The zero-order valence-electron chi connectivity index (χ0n) is 8.87. The lowest BCUT2D eigenvalue weighted by Crippen LogP contribution is -2.02. The summed E-state index contributed by atoms with van der Waals surface area (Å²) in [4.78, 5) is 3.54. The van der Waals surface area contributed by atoms with Gasteiger partial charge in [-0.3, -0.25) is 0 Å². The molecule has 0 spiro atoms. The molecule has 2 aromatic rings. The number of aryl methyl sites for hydroxylation is 2. The molecule has 0 fully saturated rings. The van der Waals surface area contributed by atoms with Crippen LogP contribution in [0.4, 0.5) is 0 Å². The number of hydrogen-bond acceptors (Lipinski definition) is 3.